The summed E-state index contributed by atoms with van der Waals surface area (Å²) in [4.78, 5) is 35.8. The standard InChI is InChI=1S/C14H14F3N5O2/c15-14(16,17)6-22-5-1-2-10(13(22)24)21-12(23)9-4-3-8-11(20-9)19-7-18-8/h3-4,7,10H,1-2,5-6H2,(H,21,23)(H,18,19,20). The fourth-order valence-corrected chi connectivity index (χ4v) is 2.63. The fourth-order valence-electron chi connectivity index (χ4n) is 2.63. The minimum absolute atomic E-state index is 0.0300. The van der Waals surface area contributed by atoms with Gasteiger partial charge in [0.25, 0.3) is 5.91 Å². The smallest absolute Gasteiger partial charge is 0.343 e. The Morgan fingerprint density at radius 2 is 2.21 bits per heavy atom. The predicted octanol–water partition coefficient (Wildman–Crippen LogP) is 1.24. The maximum absolute atomic E-state index is 12.5. The zero-order valence-electron chi connectivity index (χ0n) is 12.4. The monoisotopic (exact) mass is 341 g/mol. The third-order valence-corrected chi connectivity index (χ3v) is 3.72. The Balaban J connectivity index is 1.69. The van der Waals surface area contributed by atoms with Gasteiger partial charge in [0.05, 0.1) is 11.8 Å². The quantitative estimate of drug-likeness (QED) is 0.879. The lowest BCUT2D eigenvalue weighted by Crippen LogP contribution is -2.54. The minimum atomic E-state index is -4.46. The highest BCUT2D eigenvalue weighted by Crippen LogP contribution is 2.21. The maximum atomic E-state index is 12.5. The molecule has 128 valence electrons. The molecule has 0 aliphatic carbocycles. The number of imidazole rings is 1. The van der Waals surface area contributed by atoms with Crippen LogP contribution in [0, 0.1) is 0 Å². The van der Waals surface area contributed by atoms with Gasteiger partial charge in [-0.2, -0.15) is 13.2 Å². The maximum Gasteiger partial charge on any atom is 0.406 e. The summed E-state index contributed by atoms with van der Waals surface area (Å²) < 4.78 is 37.5. The molecule has 2 aromatic rings. The van der Waals surface area contributed by atoms with E-state index in [1.54, 1.807) is 6.07 Å². The van der Waals surface area contributed by atoms with Crippen molar-refractivity contribution in [3.63, 3.8) is 0 Å². The van der Waals surface area contributed by atoms with Crippen molar-refractivity contribution in [1.29, 1.82) is 0 Å². The van der Waals surface area contributed by atoms with E-state index in [0.717, 1.165) is 4.90 Å². The second-order valence-corrected chi connectivity index (χ2v) is 5.51. The number of aromatic amines is 1. The Kier molecular flexibility index (Phi) is 4.12. The summed E-state index contributed by atoms with van der Waals surface area (Å²) in [5.41, 5.74) is 1.04. The molecule has 1 aliphatic rings. The number of carbonyl (C=O) groups is 2. The molecule has 1 saturated heterocycles. The molecule has 1 unspecified atom stereocenters. The molecule has 2 aromatic heterocycles. The van der Waals surface area contributed by atoms with Gasteiger partial charge in [-0.05, 0) is 25.0 Å². The molecular formula is C14H14F3N5O2. The van der Waals surface area contributed by atoms with E-state index in [2.05, 4.69) is 20.3 Å². The Morgan fingerprint density at radius 1 is 1.42 bits per heavy atom. The molecule has 2 N–H and O–H groups in total. The van der Waals surface area contributed by atoms with Crippen molar-refractivity contribution in [2.45, 2.75) is 25.1 Å². The molecule has 3 heterocycles. The largest absolute Gasteiger partial charge is 0.406 e. The summed E-state index contributed by atoms with van der Waals surface area (Å²) in [6, 6.07) is 2.09. The molecule has 0 bridgehead atoms. The topological polar surface area (TPSA) is 91.0 Å². The van der Waals surface area contributed by atoms with E-state index < -0.39 is 30.6 Å². The third kappa shape index (κ3) is 3.47. The summed E-state index contributed by atoms with van der Waals surface area (Å²) in [6.45, 7) is -1.28. The highest BCUT2D eigenvalue weighted by atomic mass is 19.4. The molecule has 0 saturated carbocycles. The van der Waals surface area contributed by atoms with E-state index in [1.807, 2.05) is 0 Å². The molecule has 0 spiro atoms. The molecular weight excluding hydrogens is 327 g/mol. The van der Waals surface area contributed by atoms with Gasteiger partial charge >= 0.3 is 6.18 Å². The van der Waals surface area contributed by atoms with Crippen molar-refractivity contribution >= 4 is 23.0 Å². The van der Waals surface area contributed by atoms with Crippen molar-refractivity contribution in [1.82, 2.24) is 25.2 Å². The number of pyridine rings is 1. The van der Waals surface area contributed by atoms with Crippen LogP contribution >= 0.6 is 0 Å². The van der Waals surface area contributed by atoms with Gasteiger partial charge in [-0.1, -0.05) is 0 Å². The Morgan fingerprint density at radius 3 is 2.96 bits per heavy atom. The van der Waals surface area contributed by atoms with Gasteiger partial charge in [-0.3, -0.25) is 9.59 Å². The highest BCUT2D eigenvalue weighted by molar-refractivity contribution is 5.97. The van der Waals surface area contributed by atoms with Crippen molar-refractivity contribution < 1.29 is 22.8 Å². The van der Waals surface area contributed by atoms with E-state index in [1.165, 1.54) is 12.4 Å². The average molecular weight is 341 g/mol. The van der Waals surface area contributed by atoms with Crippen LogP contribution in [0.25, 0.3) is 11.2 Å². The number of nitrogens with one attached hydrogen (secondary N) is 2. The minimum Gasteiger partial charge on any atom is -0.343 e. The second kappa shape index (κ2) is 6.10. The Hall–Kier alpha value is -2.65. The average Bonchev–Trinajstić information content (AvgIpc) is 2.97. The van der Waals surface area contributed by atoms with Crippen LogP contribution in [0.4, 0.5) is 13.2 Å². The Labute approximate surface area is 134 Å². The first-order chi connectivity index (χ1) is 11.3. The van der Waals surface area contributed by atoms with Crippen molar-refractivity contribution in [2.24, 2.45) is 0 Å². The van der Waals surface area contributed by atoms with Gasteiger partial charge in [0.1, 0.15) is 18.3 Å². The lowest BCUT2D eigenvalue weighted by atomic mass is 10.0. The first-order valence-corrected chi connectivity index (χ1v) is 7.30. The number of hydrogen-bond donors (Lipinski definition) is 2. The molecule has 10 heteroatoms. The van der Waals surface area contributed by atoms with E-state index in [9.17, 15) is 22.8 Å². The zero-order chi connectivity index (χ0) is 17.3. The number of amides is 2. The summed E-state index contributed by atoms with van der Waals surface area (Å²) in [5.74, 6) is -1.35. The number of fused-ring (bicyclic) bond motifs is 1. The van der Waals surface area contributed by atoms with Crippen LogP contribution < -0.4 is 5.32 Å². The number of piperidine rings is 1. The van der Waals surface area contributed by atoms with Gasteiger partial charge in [0, 0.05) is 6.54 Å². The second-order valence-electron chi connectivity index (χ2n) is 5.51. The first-order valence-electron chi connectivity index (χ1n) is 7.30. The molecule has 1 fully saturated rings. The number of likely N-dealkylation sites (tertiary alicyclic amines) is 1. The Bertz CT molecular complexity index is 773. The van der Waals surface area contributed by atoms with Crippen molar-refractivity contribution in [3.8, 4) is 0 Å². The first kappa shape index (κ1) is 16.2. The summed E-state index contributed by atoms with van der Waals surface area (Å²) in [7, 11) is 0. The van der Waals surface area contributed by atoms with E-state index >= 15 is 0 Å². The van der Waals surface area contributed by atoms with Crippen LogP contribution in [0.1, 0.15) is 23.3 Å². The number of rotatable bonds is 3. The normalized spacial score (nSPS) is 18.9. The molecule has 3 rings (SSSR count). The third-order valence-electron chi connectivity index (χ3n) is 3.72. The fraction of sp³-hybridized carbons (Fsp3) is 0.429. The van der Waals surface area contributed by atoms with Crippen LogP contribution in [0.2, 0.25) is 0 Å². The van der Waals surface area contributed by atoms with Gasteiger partial charge in [-0.15, -0.1) is 0 Å². The van der Waals surface area contributed by atoms with Crippen LogP contribution in [0.15, 0.2) is 18.5 Å². The molecule has 1 aliphatic heterocycles. The van der Waals surface area contributed by atoms with Gasteiger partial charge in [-0.25, -0.2) is 9.97 Å². The van der Waals surface area contributed by atoms with Gasteiger partial charge in [0.2, 0.25) is 5.91 Å². The molecule has 24 heavy (non-hydrogen) atoms. The molecule has 1 atom stereocenters. The van der Waals surface area contributed by atoms with Crippen LogP contribution in [0.3, 0.4) is 0 Å². The zero-order valence-corrected chi connectivity index (χ0v) is 12.4. The van der Waals surface area contributed by atoms with Gasteiger partial charge in [0.15, 0.2) is 5.65 Å². The number of alkyl halides is 3. The van der Waals surface area contributed by atoms with E-state index in [0.29, 0.717) is 24.0 Å². The molecule has 7 nitrogen and oxygen atoms in total. The lowest BCUT2D eigenvalue weighted by Gasteiger charge is -2.33. The highest BCUT2D eigenvalue weighted by Gasteiger charge is 2.37. The number of aromatic nitrogens is 3. The molecule has 0 aromatic carbocycles. The number of hydrogen-bond acceptors (Lipinski definition) is 4. The number of nitrogens with zero attached hydrogens (tertiary/aromatic N) is 3. The number of halogens is 3. The van der Waals surface area contributed by atoms with Crippen molar-refractivity contribution in [2.75, 3.05) is 13.1 Å². The molecule has 2 amide bonds. The van der Waals surface area contributed by atoms with Gasteiger partial charge < -0.3 is 15.2 Å². The summed E-state index contributed by atoms with van der Waals surface area (Å²) >= 11 is 0. The van der Waals surface area contributed by atoms with Crippen LogP contribution in [-0.2, 0) is 4.79 Å². The molecule has 0 radical (unpaired) electrons. The number of carbonyl (C=O) groups excluding carboxylic acids is 2. The van der Waals surface area contributed by atoms with E-state index in [-0.39, 0.29) is 12.2 Å². The van der Waals surface area contributed by atoms with Crippen molar-refractivity contribution in [3.05, 3.63) is 24.2 Å². The lowest BCUT2D eigenvalue weighted by molar-refractivity contribution is -0.164. The van der Waals surface area contributed by atoms with Crippen LogP contribution in [-0.4, -0.2) is 57.0 Å². The number of H-pyrrole nitrogens is 1. The SMILES string of the molecule is O=C(NC1CCCN(CC(F)(F)F)C1=O)c1ccc2[nH]cnc2n1. The van der Waals surface area contributed by atoms with E-state index in [4.69, 9.17) is 0 Å². The van der Waals surface area contributed by atoms with Crippen LogP contribution in [0.5, 0.6) is 0 Å². The summed E-state index contributed by atoms with van der Waals surface area (Å²) in [6.07, 6.45) is -2.35. The predicted molar refractivity (Wildman–Crippen MR) is 77.0 cm³/mol. The summed E-state index contributed by atoms with van der Waals surface area (Å²) in [5, 5.41) is 2.46.